The molecular formula is C21H27N5O3S. The molecule has 2 fully saturated rings. The monoisotopic (exact) mass is 429 g/mol. The summed E-state index contributed by atoms with van der Waals surface area (Å²) in [6, 6.07) is 10.9. The van der Waals surface area contributed by atoms with Gasteiger partial charge in [0, 0.05) is 44.6 Å². The van der Waals surface area contributed by atoms with Crippen LogP contribution in [0.3, 0.4) is 0 Å². The van der Waals surface area contributed by atoms with Gasteiger partial charge in [-0.2, -0.15) is 0 Å². The predicted octanol–water partition coefficient (Wildman–Crippen LogP) is 1.03. The lowest BCUT2D eigenvalue weighted by atomic mass is 10.0. The zero-order valence-corrected chi connectivity index (χ0v) is 17.7. The van der Waals surface area contributed by atoms with E-state index < -0.39 is 15.9 Å². The van der Waals surface area contributed by atoms with Crippen LogP contribution < -0.4 is 10.2 Å². The van der Waals surface area contributed by atoms with Crippen molar-refractivity contribution >= 4 is 21.7 Å². The standard InChI is InChI=1S/C21H27N5O3S/c27-20(24-18-8-4-11-26(16-18)21-22-9-5-10-23-21)19(17-6-2-1-3-7-17)25-12-14-30(28,29)15-13-25/h1-3,5-7,9-10,18-19H,4,8,11-16H2,(H,24,27). The first-order chi connectivity index (χ1) is 14.5. The molecule has 160 valence electrons. The molecule has 1 amide bonds. The predicted molar refractivity (Wildman–Crippen MR) is 115 cm³/mol. The van der Waals surface area contributed by atoms with E-state index in [0.717, 1.165) is 24.9 Å². The summed E-state index contributed by atoms with van der Waals surface area (Å²) in [7, 11) is -3.02. The van der Waals surface area contributed by atoms with Gasteiger partial charge < -0.3 is 10.2 Å². The second-order valence-corrected chi connectivity index (χ2v) is 10.1. The van der Waals surface area contributed by atoms with E-state index in [4.69, 9.17) is 0 Å². The van der Waals surface area contributed by atoms with Crippen molar-refractivity contribution in [3.05, 3.63) is 54.4 Å². The van der Waals surface area contributed by atoms with Gasteiger partial charge in [0.2, 0.25) is 11.9 Å². The molecule has 2 aliphatic rings. The zero-order valence-electron chi connectivity index (χ0n) is 16.9. The number of amides is 1. The van der Waals surface area contributed by atoms with Crippen molar-refractivity contribution in [3.8, 4) is 0 Å². The average Bonchev–Trinajstić information content (AvgIpc) is 2.77. The number of rotatable bonds is 5. The van der Waals surface area contributed by atoms with Crippen molar-refractivity contribution in [1.82, 2.24) is 20.2 Å². The summed E-state index contributed by atoms with van der Waals surface area (Å²) >= 11 is 0. The van der Waals surface area contributed by atoms with Gasteiger partial charge in [-0.3, -0.25) is 9.69 Å². The highest BCUT2D eigenvalue weighted by molar-refractivity contribution is 7.91. The first-order valence-electron chi connectivity index (χ1n) is 10.3. The molecule has 30 heavy (non-hydrogen) atoms. The first-order valence-corrected chi connectivity index (χ1v) is 12.2. The number of aromatic nitrogens is 2. The van der Waals surface area contributed by atoms with Crippen molar-refractivity contribution in [2.45, 2.75) is 24.9 Å². The van der Waals surface area contributed by atoms with E-state index in [-0.39, 0.29) is 23.5 Å². The van der Waals surface area contributed by atoms with E-state index in [2.05, 4.69) is 20.2 Å². The number of carbonyl (C=O) groups is 1. The molecule has 2 saturated heterocycles. The van der Waals surface area contributed by atoms with Gasteiger partial charge in [0.15, 0.2) is 9.84 Å². The summed E-state index contributed by atoms with van der Waals surface area (Å²) in [4.78, 5) is 26.1. The van der Waals surface area contributed by atoms with Gasteiger partial charge >= 0.3 is 0 Å². The molecule has 2 atom stereocenters. The lowest BCUT2D eigenvalue weighted by Crippen LogP contribution is -2.53. The van der Waals surface area contributed by atoms with Crippen LogP contribution in [0, 0.1) is 0 Å². The smallest absolute Gasteiger partial charge is 0.242 e. The van der Waals surface area contributed by atoms with Crippen LogP contribution >= 0.6 is 0 Å². The van der Waals surface area contributed by atoms with Gasteiger partial charge in [-0.05, 0) is 24.5 Å². The highest BCUT2D eigenvalue weighted by Gasteiger charge is 2.34. The number of anilines is 1. The van der Waals surface area contributed by atoms with Crippen molar-refractivity contribution in [3.63, 3.8) is 0 Å². The highest BCUT2D eigenvalue weighted by atomic mass is 32.2. The molecule has 2 aliphatic heterocycles. The van der Waals surface area contributed by atoms with Gasteiger partial charge in [0.05, 0.1) is 11.5 Å². The van der Waals surface area contributed by atoms with Crippen molar-refractivity contribution in [2.24, 2.45) is 0 Å². The topological polar surface area (TPSA) is 95.5 Å². The molecule has 0 bridgehead atoms. The van der Waals surface area contributed by atoms with Crippen LogP contribution in [0.4, 0.5) is 5.95 Å². The molecule has 4 rings (SSSR count). The molecule has 0 radical (unpaired) electrons. The Balaban J connectivity index is 1.48. The van der Waals surface area contributed by atoms with Crippen molar-refractivity contribution < 1.29 is 13.2 Å². The maximum atomic E-state index is 13.4. The van der Waals surface area contributed by atoms with Crippen LogP contribution in [0.2, 0.25) is 0 Å². The lowest BCUT2D eigenvalue weighted by molar-refractivity contribution is -0.127. The minimum absolute atomic E-state index is 0.00482. The number of nitrogens with one attached hydrogen (secondary N) is 1. The van der Waals surface area contributed by atoms with Crippen LogP contribution in [0.1, 0.15) is 24.4 Å². The molecule has 1 aromatic heterocycles. The molecule has 8 nitrogen and oxygen atoms in total. The summed E-state index contributed by atoms with van der Waals surface area (Å²) in [6.45, 7) is 2.25. The highest BCUT2D eigenvalue weighted by Crippen LogP contribution is 2.24. The van der Waals surface area contributed by atoms with E-state index in [1.54, 1.807) is 18.5 Å². The number of hydrogen-bond donors (Lipinski definition) is 1. The Labute approximate surface area is 177 Å². The molecular weight excluding hydrogens is 402 g/mol. The Morgan fingerprint density at radius 1 is 1.03 bits per heavy atom. The quantitative estimate of drug-likeness (QED) is 0.759. The molecule has 9 heteroatoms. The number of piperidine rings is 1. The van der Waals surface area contributed by atoms with Gasteiger partial charge in [0.25, 0.3) is 0 Å². The molecule has 0 spiro atoms. The van der Waals surface area contributed by atoms with Crippen LogP contribution in [0.5, 0.6) is 0 Å². The van der Waals surface area contributed by atoms with E-state index in [1.165, 1.54) is 0 Å². The Bertz CT molecular complexity index is 941. The number of hydrogen-bond acceptors (Lipinski definition) is 7. The van der Waals surface area contributed by atoms with Crippen LogP contribution in [0.15, 0.2) is 48.8 Å². The molecule has 2 aromatic rings. The molecule has 2 unspecified atom stereocenters. The minimum atomic E-state index is -3.02. The number of benzene rings is 1. The minimum Gasteiger partial charge on any atom is -0.350 e. The summed E-state index contributed by atoms with van der Waals surface area (Å²) < 4.78 is 23.7. The van der Waals surface area contributed by atoms with Crippen molar-refractivity contribution in [1.29, 1.82) is 0 Å². The third-order valence-corrected chi connectivity index (χ3v) is 7.32. The van der Waals surface area contributed by atoms with E-state index in [1.807, 2.05) is 35.2 Å². The summed E-state index contributed by atoms with van der Waals surface area (Å²) in [5, 5.41) is 3.21. The Morgan fingerprint density at radius 2 is 1.73 bits per heavy atom. The van der Waals surface area contributed by atoms with Crippen molar-refractivity contribution in [2.75, 3.05) is 42.6 Å². The van der Waals surface area contributed by atoms with Gasteiger partial charge in [-0.15, -0.1) is 0 Å². The Hall–Kier alpha value is -2.52. The molecule has 0 saturated carbocycles. The number of nitrogens with zero attached hydrogens (tertiary/aromatic N) is 4. The van der Waals surface area contributed by atoms with Crippen LogP contribution in [-0.2, 0) is 14.6 Å². The summed E-state index contributed by atoms with van der Waals surface area (Å²) in [6.07, 6.45) is 5.28. The molecule has 1 N–H and O–H groups in total. The summed E-state index contributed by atoms with van der Waals surface area (Å²) in [5.74, 6) is 0.775. The van der Waals surface area contributed by atoms with Gasteiger partial charge in [-0.1, -0.05) is 30.3 Å². The van der Waals surface area contributed by atoms with E-state index >= 15 is 0 Å². The second kappa shape index (κ2) is 9.09. The molecule has 0 aliphatic carbocycles. The normalized spacial score (nSPS) is 22.9. The number of sulfone groups is 1. The molecule has 1 aromatic carbocycles. The number of carbonyl (C=O) groups excluding carboxylic acids is 1. The average molecular weight is 430 g/mol. The largest absolute Gasteiger partial charge is 0.350 e. The SMILES string of the molecule is O=C(NC1CCCN(c2ncccn2)C1)C(c1ccccc1)N1CCS(=O)(=O)CC1. The van der Waals surface area contributed by atoms with Gasteiger partial charge in [0.1, 0.15) is 6.04 Å². The fourth-order valence-electron chi connectivity index (χ4n) is 4.16. The van der Waals surface area contributed by atoms with Gasteiger partial charge in [-0.25, -0.2) is 18.4 Å². The Kier molecular flexibility index (Phi) is 6.29. The van der Waals surface area contributed by atoms with Crippen LogP contribution in [0.25, 0.3) is 0 Å². The summed E-state index contributed by atoms with van der Waals surface area (Å²) in [5.41, 5.74) is 0.883. The van der Waals surface area contributed by atoms with Crippen LogP contribution in [-0.4, -0.2) is 72.9 Å². The van der Waals surface area contributed by atoms with E-state index in [9.17, 15) is 13.2 Å². The second-order valence-electron chi connectivity index (χ2n) is 7.84. The molecule has 3 heterocycles. The lowest BCUT2D eigenvalue weighted by Gasteiger charge is -2.37. The maximum absolute atomic E-state index is 13.4. The third-order valence-electron chi connectivity index (χ3n) is 5.71. The van der Waals surface area contributed by atoms with E-state index in [0.29, 0.717) is 25.6 Å². The third kappa shape index (κ3) is 4.96. The Morgan fingerprint density at radius 3 is 2.43 bits per heavy atom. The first kappa shape index (κ1) is 20.7. The fraction of sp³-hybridized carbons (Fsp3) is 0.476. The fourth-order valence-corrected chi connectivity index (χ4v) is 5.39. The maximum Gasteiger partial charge on any atom is 0.242 e. The zero-order chi connectivity index (χ0) is 21.0.